The number of morpholine rings is 1. The Morgan fingerprint density at radius 1 is 1.50 bits per heavy atom. The first kappa shape index (κ1) is 15.1. The topological polar surface area (TPSA) is 51.9 Å². The third kappa shape index (κ3) is 3.22. The van der Waals surface area contributed by atoms with Crippen LogP contribution in [0.1, 0.15) is 50.1 Å². The molecule has 1 aromatic heterocycles. The van der Waals surface area contributed by atoms with Crippen molar-refractivity contribution in [2.75, 3.05) is 20.2 Å². The van der Waals surface area contributed by atoms with Gasteiger partial charge in [-0.1, -0.05) is 0 Å². The van der Waals surface area contributed by atoms with Gasteiger partial charge >= 0.3 is 5.97 Å². The number of hydrogen-bond donors (Lipinski definition) is 0. The Hall–Kier alpha value is -1.33. The smallest absolute Gasteiger partial charge is 0.373 e. The van der Waals surface area contributed by atoms with Gasteiger partial charge in [-0.05, 0) is 39.8 Å². The molecule has 2 rings (SSSR count). The second kappa shape index (κ2) is 5.58. The van der Waals surface area contributed by atoms with E-state index in [-0.39, 0.29) is 23.5 Å². The Bertz CT molecular complexity index is 480. The second-order valence-electron chi connectivity index (χ2n) is 5.99. The molecule has 20 heavy (non-hydrogen) atoms. The molecule has 0 spiro atoms. The zero-order chi connectivity index (χ0) is 14.9. The molecule has 5 nitrogen and oxygen atoms in total. The van der Waals surface area contributed by atoms with Crippen LogP contribution in [0.2, 0.25) is 0 Å². The molecule has 1 fully saturated rings. The average Bonchev–Trinajstić information content (AvgIpc) is 2.84. The van der Waals surface area contributed by atoms with E-state index in [4.69, 9.17) is 9.15 Å². The Morgan fingerprint density at radius 2 is 2.20 bits per heavy atom. The molecule has 5 heteroatoms. The van der Waals surface area contributed by atoms with Crippen LogP contribution in [-0.4, -0.2) is 42.8 Å². The Kier molecular flexibility index (Phi) is 4.20. The summed E-state index contributed by atoms with van der Waals surface area (Å²) in [6.07, 6.45) is 0.177. The molecule has 0 amide bonds. The van der Waals surface area contributed by atoms with Crippen LogP contribution in [0, 0.1) is 0 Å². The molecule has 0 radical (unpaired) electrons. The number of ether oxygens (including phenoxy) is 2. The fourth-order valence-corrected chi connectivity index (χ4v) is 2.77. The predicted molar refractivity (Wildman–Crippen MR) is 74.7 cm³/mol. The van der Waals surface area contributed by atoms with E-state index in [1.54, 1.807) is 6.07 Å². The van der Waals surface area contributed by atoms with E-state index < -0.39 is 5.97 Å². The van der Waals surface area contributed by atoms with Crippen molar-refractivity contribution in [2.45, 2.75) is 45.4 Å². The van der Waals surface area contributed by atoms with Gasteiger partial charge in [-0.25, -0.2) is 4.79 Å². The van der Waals surface area contributed by atoms with Gasteiger partial charge in [0.25, 0.3) is 0 Å². The zero-order valence-corrected chi connectivity index (χ0v) is 12.8. The molecular formula is C15H23NO4. The summed E-state index contributed by atoms with van der Waals surface area (Å²) in [4.78, 5) is 13.7. The first-order chi connectivity index (χ1) is 9.32. The summed E-state index contributed by atoms with van der Waals surface area (Å²) in [6, 6.07) is 3.59. The molecule has 1 aromatic rings. The fourth-order valence-electron chi connectivity index (χ4n) is 2.77. The van der Waals surface area contributed by atoms with Crippen molar-refractivity contribution in [2.24, 2.45) is 0 Å². The number of nitrogens with zero attached hydrogens (tertiary/aromatic N) is 1. The molecule has 0 aromatic carbocycles. The lowest BCUT2D eigenvalue weighted by atomic mass is 10.0. The number of furan rings is 1. The summed E-state index contributed by atoms with van der Waals surface area (Å²) in [7, 11) is 1.35. The number of methoxy groups -OCH3 is 1. The summed E-state index contributed by atoms with van der Waals surface area (Å²) < 4.78 is 16.2. The standard InChI is InChI=1S/C15H23NO4/c1-10-8-16(9-15(3,4)20-10)11(2)12-6-7-13(19-12)14(17)18-5/h6-7,10-11H,8-9H2,1-5H3. The highest BCUT2D eigenvalue weighted by Crippen LogP contribution is 2.29. The van der Waals surface area contributed by atoms with Gasteiger partial charge in [0.1, 0.15) is 5.76 Å². The molecule has 1 aliphatic heterocycles. The number of rotatable bonds is 3. The molecule has 0 N–H and O–H groups in total. The molecule has 2 heterocycles. The fraction of sp³-hybridized carbons (Fsp3) is 0.667. The van der Waals surface area contributed by atoms with Gasteiger partial charge in [0, 0.05) is 13.1 Å². The van der Waals surface area contributed by atoms with Crippen LogP contribution in [0.15, 0.2) is 16.5 Å². The molecule has 0 aliphatic carbocycles. The SMILES string of the molecule is COC(=O)c1ccc(C(C)N2CC(C)OC(C)(C)C2)o1. The van der Waals surface area contributed by atoms with Gasteiger partial charge in [0.05, 0.1) is 24.9 Å². The Labute approximate surface area is 119 Å². The highest BCUT2D eigenvalue weighted by molar-refractivity contribution is 5.86. The molecule has 1 saturated heterocycles. The minimum absolute atomic E-state index is 0.0963. The van der Waals surface area contributed by atoms with E-state index in [2.05, 4.69) is 37.3 Å². The van der Waals surface area contributed by atoms with Gasteiger partial charge in [0.15, 0.2) is 0 Å². The van der Waals surface area contributed by atoms with Crippen molar-refractivity contribution in [1.29, 1.82) is 0 Å². The summed E-state index contributed by atoms with van der Waals surface area (Å²) in [5.41, 5.74) is -0.177. The molecule has 2 unspecified atom stereocenters. The molecule has 0 bridgehead atoms. The molecule has 1 aliphatic rings. The van der Waals surface area contributed by atoms with E-state index in [0.717, 1.165) is 18.8 Å². The van der Waals surface area contributed by atoms with Gasteiger partial charge in [-0.3, -0.25) is 4.90 Å². The third-order valence-corrected chi connectivity index (χ3v) is 3.57. The van der Waals surface area contributed by atoms with Gasteiger partial charge < -0.3 is 13.9 Å². The van der Waals surface area contributed by atoms with Crippen LogP contribution in [0.25, 0.3) is 0 Å². The maximum atomic E-state index is 11.4. The maximum absolute atomic E-state index is 11.4. The Morgan fingerprint density at radius 3 is 2.80 bits per heavy atom. The van der Waals surface area contributed by atoms with E-state index in [0.29, 0.717) is 0 Å². The molecular weight excluding hydrogens is 258 g/mol. The summed E-state index contributed by atoms with van der Waals surface area (Å²) in [5, 5.41) is 0. The maximum Gasteiger partial charge on any atom is 0.373 e. The summed E-state index contributed by atoms with van der Waals surface area (Å²) in [6.45, 7) is 10.00. The van der Waals surface area contributed by atoms with Crippen molar-refractivity contribution in [3.63, 3.8) is 0 Å². The van der Waals surface area contributed by atoms with E-state index >= 15 is 0 Å². The van der Waals surface area contributed by atoms with Crippen LogP contribution >= 0.6 is 0 Å². The lowest BCUT2D eigenvalue weighted by Crippen LogP contribution is -2.52. The normalized spacial score (nSPS) is 24.4. The molecule has 2 atom stereocenters. The van der Waals surface area contributed by atoms with Crippen molar-refractivity contribution >= 4 is 5.97 Å². The number of carbonyl (C=O) groups excluding carboxylic acids is 1. The van der Waals surface area contributed by atoms with Crippen molar-refractivity contribution in [3.05, 3.63) is 23.7 Å². The Balaban J connectivity index is 2.12. The van der Waals surface area contributed by atoms with Crippen LogP contribution in [0.5, 0.6) is 0 Å². The number of carbonyl (C=O) groups is 1. The van der Waals surface area contributed by atoms with Crippen LogP contribution in [-0.2, 0) is 9.47 Å². The van der Waals surface area contributed by atoms with Gasteiger partial charge in [-0.2, -0.15) is 0 Å². The minimum atomic E-state index is -0.445. The van der Waals surface area contributed by atoms with Crippen molar-refractivity contribution in [3.8, 4) is 0 Å². The third-order valence-electron chi connectivity index (χ3n) is 3.57. The number of hydrogen-bond acceptors (Lipinski definition) is 5. The highest BCUT2D eigenvalue weighted by atomic mass is 16.5. The monoisotopic (exact) mass is 281 g/mol. The minimum Gasteiger partial charge on any atom is -0.463 e. The first-order valence-corrected chi connectivity index (χ1v) is 6.92. The van der Waals surface area contributed by atoms with Crippen LogP contribution in [0.3, 0.4) is 0 Å². The lowest BCUT2D eigenvalue weighted by molar-refractivity contribution is -0.138. The van der Waals surface area contributed by atoms with Crippen LogP contribution in [0.4, 0.5) is 0 Å². The largest absolute Gasteiger partial charge is 0.463 e. The van der Waals surface area contributed by atoms with Crippen LogP contribution < -0.4 is 0 Å². The quantitative estimate of drug-likeness (QED) is 0.797. The molecule has 112 valence electrons. The average molecular weight is 281 g/mol. The summed E-state index contributed by atoms with van der Waals surface area (Å²) >= 11 is 0. The van der Waals surface area contributed by atoms with Gasteiger partial charge in [-0.15, -0.1) is 0 Å². The zero-order valence-electron chi connectivity index (χ0n) is 12.8. The lowest BCUT2D eigenvalue weighted by Gasteiger charge is -2.43. The van der Waals surface area contributed by atoms with Crippen molar-refractivity contribution in [1.82, 2.24) is 4.90 Å². The van der Waals surface area contributed by atoms with Crippen molar-refractivity contribution < 1.29 is 18.7 Å². The highest BCUT2D eigenvalue weighted by Gasteiger charge is 2.34. The van der Waals surface area contributed by atoms with E-state index in [1.807, 2.05) is 6.07 Å². The van der Waals surface area contributed by atoms with E-state index in [9.17, 15) is 4.79 Å². The second-order valence-corrected chi connectivity index (χ2v) is 5.99. The van der Waals surface area contributed by atoms with Gasteiger partial charge in [0.2, 0.25) is 5.76 Å². The predicted octanol–water partition coefficient (Wildman–Crippen LogP) is 2.63. The van der Waals surface area contributed by atoms with E-state index in [1.165, 1.54) is 7.11 Å². The molecule has 0 saturated carbocycles. The first-order valence-electron chi connectivity index (χ1n) is 6.92. The summed E-state index contributed by atoms with van der Waals surface area (Å²) in [5.74, 6) is 0.573. The number of esters is 1.